The lowest BCUT2D eigenvalue weighted by Crippen LogP contribution is -2.51. The van der Waals surface area contributed by atoms with Gasteiger partial charge in [-0.2, -0.15) is 4.31 Å². The lowest BCUT2D eigenvalue weighted by atomic mass is 10.3. The Hall–Kier alpha value is 0.340. The highest BCUT2D eigenvalue weighted by Crippen LogP contribution is 2.32. The second-order valence-electron chi connectivity index (χ2n) is 4.24. The summed E-state index contributed by atoms with van der Waals surface area (Å²) in [5, 5.41) is 3.24. The van der Waals surface area contributed by atoms with Gasteiger partial charge in [-0.3, -0.25) is 0 Å². The van der Waals surface area contributed by atoms with Crippen LogP contribution in [0.25, 0.3) is 0 Å². The molecular formula is C10H16BrClN2O2S2. The molecule has 0 amide bonds. The van der Waals surface area contributed by atoms with Crippen molar-refractivity contribution in [1.82, 2.24) is 9.62 Å². The fourth-order valence-corrected chi connectivity index (χ4v) is 5.71. The molecule has 1 aromatic rings. The number of thiophene rings is 1. The molecule has 2 rings (SSSR count). The zero-order chi connectivity index (χ0) is 12.6. The van der Waals surface area contributed by atoms with E-state index in [-0.39, 0.29) is 18.4 Å². The molecule has 0 bridgehead atoms. The normalized spacial score (nSPS) is 21.6. The molecule has 0 spiro atoms. The van der Waals surface area contributed by atoms with Crippen LogP contribution in [-0.2, 0) is 10.0 Å². The van der Waals surface area contributed by atoms with Crippen LogP contribution in [0.4, 0.5) is 0 Å². The average Bonchev–Trinajstić information content (AvgIpc) is 2.60. The molecule has 18 heavy (non-hydrogen) atoms. The van der Waals surface area contributed by atoms with Crippen molar-refractivity contribution in [3.63, 3.8) is 0 Å². The van der Waals surface area contributed by atoms with E-state index in [9.17, 15) is 8.42 Å². The first-order chi connectivity index (χ1) is 7.91. The van der Waals surface area contributed by atoms with E-state index in [4.69, 9.17) is 0 Å². The summed E-state index contributed by atoms with van der Waals surface area (Å²) in [7, 11) is -3.31. The zero-order valence-corrected chi connectivity index (χ0v) is 14.2. The largest absolute Gasteiger partial charge is 0.312 e. The van der Waals surface area contributed by atoms with Crippen LogP contribution in [0.2, 0.25) is 0 Å². The van der Waals surface area contributed by atoms with Crippen LogP contribution in [0.3, 0.4) is 0 Å². The van der Waals surface area contributed by atoms with E-state index in [1.165, 1.54) is 11.3 Å². The van der Waals surface area contributed by atoms with Crippen LogP contribution in [0.5, 0.6) is 0 Å². The van der Waals surface area contributed by atoms with Crippen LogP contribution in [-0.4, -0.2) is 38.4 Å². The fourth-order valence-electron chi connectivity index (χ4n) is 1.80. The van der Waals surface area contributed by atoms with Crippen molar-refractivity contribution >= 4 is 49.7 Å². The number of aryl methyl sites for hydroxylation is 1. The van der Waals surface area contributed by atoms with Crippen LogP contribution in [0.15, 0.2) is 14.1 Å². The van der Waals surface area contributed by atoms with Crippen molar-refractivity contribution in [2.24, 2.45) is 0 Å². The fraction of sp³-hybridized carbons (Fsp3) is 0.600. The molecule has 1 N–H and O–H groups in total. The van der Waals surface area contributed by atoms with E-state index >= 15 is 0 Å². The van der Waals surface area contributed by atoms with Crippen LogP contribution < -0.4 is 5.32 Å². The van der Waals surface area contributed by atoms with Gasteiger partial charge in [-0.05, 0) is 41.4 Å². The highest BCUT2D eigenvalue weighted by molar-refractivity contribution is 9.11. The molecule has 2 heterocycles. The Kier molecular flexibility index (Phi) is 5.64. The van der Waals surface area contributed by atoms with Gasteiger partial charge in [0.15, 0.2) is 0 Å². The Morgan fingerprint density at radius 2 is 2.22 bits per heavy atom. The van der Waals surface area contributed by atoms with E-state index in [0.29, 0.717) is 23.8 Å². The molecule has 1 aliphatic rings. The van der Waals surface area contributed by atoms with Crippen LogP contribution >= 0.6 is 39.7 Å². The summed E-state index contributed by atoms with van der Waals surface area (Å²) in [6.45, 7) is 5.70. The Morgan fingerprint density at radius 1 is 1.56 bits per heavy atom. The number of sulfonamides is 1. The first-order valence-electron chi connectivity index (χ1n) is 5.40. The smallest absolute Gasteiger partial charge is 0.252 e. The van der Waals surface area contributed by atoms with Gasteiger partial charge in [0.25, 0.3) is 10.0 Å². The summed E-state index contributed by atoms with van der Waals surface area (Å²) in [4.78, 5) is 0. The molecule has 1 unspecified atom stereocenters. The second kappa shape index (κ2) is 6.19. The van der Waals surface area contributed by atoms with Crippen molar-refractivity contribution in [2.45, 2.75) is 24.1 Å². The number of nitrogens with one attached hydrogen (secondary N) is 1. The van der Waals surface area contributed by atoms with Gasteiger partial charge in [-0.25, -0.2) is 8.42 Å². The van der Waals surface area contributed by atoms with Crippen molar-refractivity contribution in [1.29, 1.82) is 0 Å². The van der Waals surface area contributed by atoms with Crippen LogP contribution in [0.1, 0.15) is 12.5 Å². The van der Waals surface area contributed by atoms with Crippen molar-refractivity contribution in [3.8, 4) is 0 Å². The third kappa shape index (κ3) is 3.26. The van der Waals surface area contributed by atoms with E-state index in [2.05, 4.69) is 21.2 Å². The summed E-state index contributed by atoms with van der Waals surface area (Å²) in [5.74, 6) is 0. The summed E-state index contributed by atoms with van der Waals surface area (Å²) >= 11 is 4.65. The van der Waals surface area contributed by atoms with Gasteiger partial charge in [0.2, 0.25) is 0 Å². The average molecular weight is 376 g/mol. The number of hydrogen-bond acceptors (Lipinski definition) is 4. The molecule has 0 aliphatic carbocycles. The molecule has 4 nitrogen and oxygen atoms in total. The topological polar surface area (TPSA) is 49.4 Å². The summed E-state index contributed by atoms with van der Waals surface area (Å²) in [5.41, 5.74) is 0.969. The summed E-state index contributed by atoms with van der Waals surface area (Å²) in [6, 6.07) is 1.94. The van der Waals surface area contributed by atoms with Gasteiger partial charge in [-0.15, -0.1) is 23.7 Å². The Bertz CT molecular complexity index is 498. The summed E-state index contributed by atoms with van der Waals surface area (Å²) < 4.78 is 27.6. The number of halogens is 2. The number of nitrogens with zero attached hydrogens (tertiary/aromatic N) is 1. The molecule has 0 radical (unpaired) electrons. The molecule has 0 aromatic carbocycles. The van der Waals surface area contributed by atoms with E-state index in [0.717, 1.165) is 9.35 Å². The van der Waals surface area contributed by atoms with Gasteiger partial charge in [0.1, 0.15) is 4.21 Å². The molecule has 1 atom stereocenters. The predicted octanol–water partition coefficient (Wildman–Crippen LogP) is 2.22. The minimum Gasteiger partial charge on any atom is -0.312 e. The maximum atomic E-state index is 12.4. The lowest BCUT2D eigenvalue weighted by molar-refractivity contribution is 0.311. The first-order valence-corrected chi connectivity index (χ1v) is 8.45. The molecule has 0 saturated carbocycles. The lowest BCUT2D eigenvalue weighted by Gasteiger charge is -2.30. The third-order valence-electron chi connectivity index (χ3n) is 2.76. The van der Waals surface area contributed by atoms with Gasteiger partial charge in [0.05, 0.1) is 3.79 Å². The predicted molar refractivity (Wildman–Crippen MR) is 80.2 cm³/mol. The maximum absolute atomic E-state index is 12.4. The highest BCUT2D eigenvalue weighted by Gasteiger charge is 2.30. The Morgan fingerprint density at radius 3 is 2.72 bits per heavy atom. The van der Waals surface area contributed by atoms with E-state index < -0.39 is 10.0 Å². The SMILES string of the molecule is Cc1cc(S(=O)(=O)N2CCNC(C)C2)sc1Br.Cl. The quantitative estimate of drug-likeness (QED) is 0.862. The highest BCUT2D eigenvalue weighted by atomic mass is 79.9. The molecular weight excluding hydrogens is 360 g/mol. The molecule has 1 saturated heterocycles. The molecule has 1 aliphatic heterocycles. The standard InChI is InChI=1S/C10H15BrN2O2S2.ClH/c1-7-5-9(16-10(7)11)17(14,15)13-4-3-12-8(2)6-13;/h5,8,12H,3-4,6H2,1-2H3;1H. The number of rotatable bonds is 2. The Labute approximate surface area is 126 Å². The Balaban J connectivity index is 0.00000162. The number of piperazine rings is 1. The first kappa shape index (κ1) is 16.4. The van der Waals surface area contributed by atoms with Gasteiger partial charge in [0, 0.05) is 25.7 Å². The number of hydrogen-bond donors (Lipinski definition) is 1. The van der Waals surface area contributed by atoms with E-state index in [1.54, 1.807) is 10.4 Å². The molecule has 8 heteroatoms. The molecule has 1 fully saturated rings. The second-order valence-corrected chi connectivity index (χ2v) is 8.78. The minimum atomic E-state index is -3.31. The van der Waals surface area contributed by atoms with Gasteiger partial charge in [-0.1, -0.05) is 0 Å². The zero-order valence-electron chi connectivity index (χ0n) is 10.1. The van der Waals surface area contributed by atoms with Crippen molar-refractivity contribution in [3.05, 3.63) is 15.4 Å². The monoisotopic (exact) mass is 374 g/mol. The maximum Gasteiger partial charge on any atom is 0.252 e. The van der Waals surface area contributed by atoms with E-state index in [1.807, 2.05) is 13.8 Å². The van der Waals surface area contributed by atoms with Crippen LogP contribution in [0, 0.1) is 6.92 Å². The molecule has 104 valence electrons. The van der Waals surface area contributed by atoms with Gasteiger partial charge >= 0.3 is 0 Å². The summed E-state index contributed by atoms with van der Waals surface area (Å²) in [6.07, 6.45) is 0. The molecule has 1 aromatic heterocycles. The third-order valence-corrected chi connectivity index (χ3v) is 7.21. The minimum absolute atomic E-state index is 0. The van der Waals surface area contributed by atoms with Gasteiger partial charge < -0.3 is 5.32 Å². The van der Waals surface area contributed by atoms with Crippen molar-refractivity contribution < 1.29 is 8.42 Å². The van der Waals surface area contributed by atoms with Crippen molar-refractivity contribution in [2.75, 3.05) is 19.6 Å².